The molecule has 0 aromatic heterocycles. The van der Waals surface area contributed by atoms with E-state index in [-0.39, 0.29) is 24.4 Å². The summed E-state index contributed by atoms with van der Waals surface area (Å²) in [5, 5.41) is 2.97. The van der Waals surface area contributed by atoms with Gasteiger partial charge in [0.1, 0.15) is 12.3 Å². The highest BCUT2D eigenvalue weighted by atomic mass is 16.5. The highest BCUT2D eigenvalue weighted by molar-refractivity contribution is 6.10. The van der Waals surface area contributed by atoms with Gasteiger partial charge in [0, 0.05) is 22.9 Å². The lowest BCUT2D eigenvalue weighted by Gasteiger charge is -2.19. The first-order valence-corrected chi connectivity index (χ1v) is 9.02. The van der Waals surface area contributed by atoms with Crippen molar-refractivity contribution in [3.05, 3.63) is 71.8 Å². The quantitative estimate of drug-likeness (QED) is 0.820. The second-order valence-electron chi connectivity index (χ2n) is 6.74. The smallest absolute Gasteiger partial charge is 0.259 e. The van der Waals surface area contributed by atoms with Crippen molar-refractivity contribution in [1.82, 2.24) is 10.2 Å². The van der Waals surface area contributed by atoms with Gasteiger partial charge in [0.05, 0.1) is 7.11 Å². The summed E-state index contributed by atoms with van der Waals surface area (Å²) in [6.07, 6.45) is 1.67. The molecule has 1 atom stereocenters. The Morgan fingerprint density at radius 1 is 1.15 bits per heavy atom. The van der Waals surface area contributed by atoms with Crippen molar-refractivity contribution in [2.24, 2.45) is 0 Å². The van der Waals surface area contributed by atoms with Gasteiger partial charge in [-0.3, -0.25) is 14.5 Å². The topological polar surface area (TPSA) is 58.6 Å². The number of methoxy groups -OCH3 is 1. The number of carbonyl (C=O) groups is 2. The van der Waals surface area contributed by atoms with Crippen molar-refractivity contribution in [2.75, 3.05) is 13.7 Å². The second kappa shape index (κ2) is 8.08. The van der Waals surface area contributed by atoms with Gasteiger partial charge in [-0.15, -0.1) is 0 Å². The lowest BCUT2D eigenvalue weighted by molar-refractivity contribution is -0.121. The Bertz CT molecular complexity index is 823. The molecule has 0 saturated heterocycles. The fourth-order valence-electron chi connectivity index (χ4n) is 3.21. The van der Waals surface area contributed by atoms with E-state index in [9.17, 15) is 9.59 Å². The number of nitrogens with zero attached hydrogens (tertiary/aromatic N) is 1. The number of nitrogens with one attached hydrogen (secondary N) is 1. The lowest BCUT2D eigenvalue weighted by Crippen LogP contribution is -2.41. The van der Waals surface area contributed by atoms with Gasteiger partial charge in [0.2, 0.25) is 5.91 Å². The van der Waals surface area contributed by atoms with Crippen LogP contribution in [-0.2, 0) is 11.2 Å². The zero-order valence-electron chi connectivity index (χ0n) is 15.7. The van der Waals surface area contributed by atoms with E-state index >= 15 is 0 Å². The minimum absolute atomic E-state index is 0.00736. The molecule has 2 aromatic carbocycles. The molecule has 0 saturated carbocycles. The van der Waals surface area contributed by atoms with Gasteiger partial charge in [-0.05, 0) is 43.5 Å². The molecule has 1 aliphatic rings. The molecule has 1 heterocycles. The molecule has 140 valence electrons. The fraction of sp³-hybridized carbons (Fsp3) is 0.273. The standard InChI is InChI=1S/C22H24N2O3/c1-15(8-9-17-10-12-18(27-3)13-11-17)23-21(25)14-24-16(2)19-6-4-5-7-20(19)22(24)26/h4-7,10-13,15H,2,8-9,14H2,1,3H3,(H,23,25). The average Bonchev–Trinajstić information content (AvgIpc) is 2.92. The first-order chi connectivity index (χ1) is 13.0. The molecule has 27 heavy (non-hydrogen) atoms. The molecule has 2 amide bonds. The van der Waals surface area contributed by atoms with Crippen LogP contribution in [0.1, 0.15) is 34.8 Å². The van der Waals surface area contributed by atoms with Crippen molar-refractivity contribution in [3.63, 3.8) is 0 Å². The molecule has 3 rings (SSSR count). The highest BCUT2D eigenvalue weighted by Gasteiger charge is 2.31. The Hall–Kier alpha value is -3.08. The number of amides is 2. The number of benzene rings is 2. The van der Waals surface area contributed by atoms with Gasteiger partial charge in [-0.2, -0.15) is 0 Å². The predicted octanol–water partition coefficient (Wildman–Crippen LogP) is 3.26. The third-order valence-electron chi connectivity index (χ3n) is 4.77. The minimum atomic E-state index is -0.181. The summed E-state index contributed by atoms with van der Waals surface area (Å²) in [6, 6.07) is 15.2. The number of carbonyl (C=O) groups excluding carboxylic acids is 2. The molecular weight excluding hydrogens is 340 g/mol. The van der Waals surface area contributed by atoms with E-state index in [1.807, 2.05) is 49.4 Å². The molecule has 0 radical (unpaired) electrons. The molecule has 0 spiro atoms. The van der Waals surface area contributed by atoms with Crippen LogP contribution in [-0.4, -0.2) is 36.4 Å². The maximum atomic E-state index is 12.5. The molecule has 0 bridgehead atoms. The van der Waals surface area contributed by atoms with E-state index in [4.69, 9.17) is 4.74 Å². The van der Waals surface area contributed by atoms with Gasteiger partial charge in [0.25, 0.3) is 5.91 Å². The molecule has 0 aliphatic carbocycles. The summed E-state index contributed by atoms with van der Waals surface area (Å²) in [6.45, 7) is 5.92. The third kappa shape index (κ3) is 4.19. The number of rotatable bonds is 7. The lowest BCUT2D eigenvalue weighted by atomic mass is 10.1. The molecule has 1 unspecified atom stereocenters. The van der Waals surface area contributed by atoms with Gasteiger partial charge >= 0.3 is 0 Å². The Labute approximate surface area is 159 Å². The Morgan fingerprint density at radius 3 is 2.44 bits per heavy atom. The normalized spacial score (nSPS) is 14.1. The molecule has 0 fully saturated rings. The van der Waals surface area contributed by atoms with E-state index in [0.717, 1.165) is 24.2 Å². The third-order valence-corrected chi connectivity index (χ3v) is 4.77. The van der Waals surface area contributed by atoms with Gasteiger partial charge in [-0.25, -0.2) is 0 Å². The van der Waals surface area contributed by atoms with Gasteiger partial charge in [0.15, 0.2) is 0 Å². The van der Waals surface area contributed by atoms with Crippen LogP contribution in [0.2, 0.25) is 0 Å². The largest absolute Gasteiger partial charge is 0.497 e. The van der Waals surface area contributed by atoms with Crippen LogP contribution in [0, 0.1) is 0 Å². The maximum Gasteiger partial charge on any atom is 0.259 e. The van der Waals surface area contributed by atoms with Crippen molar-refractivity contribution in [2.45, 2.75) is 25.8 Å². The summed E-state index contributed by atoms with van der Waals surface area (Å²) >= 11 is 0. The van der Waals surface area contributed by atoms with Crippen LogP contribution in [0.3, 0.4) is 0 Å². The molecule has 1 N–H and O–H groups in total. The summed E-state index contributed by atoms with van der Waals surface area (Å²) in [5.74, 6) is 0.479. The SMILES string of the molecule is C=C1c2ccccc2C(=O)N1CC(=O)NC(C)CCc1ccc(OC)cc1. The van der Waals surface area contributed by atoms with E-state index < -0.39 is 0 Å². The number of aryl methyl sites for hydroxylation is 1. The molecule has 5 heteroatoms. The van der Waals surface area contributed by atoms with Crippen molar-refractivity contribution < 1.29 is 14.3 Å². The molecule has 1 aliphatic heterocycles. The first kappa shape index (κ1) is 18.7. The van der Waals surface area contributed by atoms with Crippen LogP contribution in [0.15, 0.2) is 55.1 Å². The van der Waals surface area contributed by atoms with Crippen LogP contribution >= 0.6 is 0 Å². The zero-order chi connectivity index (χ0) is 19.4. The number of hydrogen-bond acceptors (Lipinski definition) is 3. The van der Waals surface area contributed by atoms with Crippen molar-refractivity contribution >= 4 is 17.5 Å². The van der Waals surface area contributed by atoms with Crippen LogP contribution < -0.4 is 10.1 Å². The van der Waals surface area contributed by atoms with Crippen LogP contribution in [0.4, 0.5) is 0 Å². The number of fused-ring (bicyclic) bond motifs is 1. The van der Waals surface area contributed by atoms with E-state index in [0.29, 0.717) is 11.3 Å². The monoisotopic (exact) mass is 364 g/mol. The fourth-order valence-corrected chi connectivity index (χ4v) is 3.21. The summed E-state index contributed by atoms with van der Waals surface area (Å²) in [5.41, 5.74) is 3.16. The van der Waals surface area contributed by atoms with Gasteiger partial charge in [-0.1, -0.05) is 36.9 Å². The summed E-state index contributed by atoms with van der Waals surface area (Å²) < 4.78 is 5.16. The summed E-state index contributed by atoms with van der Waals surface area (Å²) in [7, 11) is 1.64. The van der Waals surface area contributed by atoms with Gasteiger partial charge < -0.3 is 10.1 Å². The van der Waals surface area contributed by atoms with Crippen LogP contribution in [0.25, 0.3) is 5.70 Å². The van der Waals surface area contributed by atoms with Crippen molar-refractivity contribution in [3.8, 4) is 5.75 Å². The number of hydrogen-bond donors (Lipinski definition) is 1. The maximum absolute atomic E-state index is 12.5. The summed E-state index contributed by atoms with van der Waals surface area (Å²) in [4.78, 5) is 26.3. The zero-order valence-corrected chi connectivity index (χ0v) is 15.7. The number of ether oxygens (including phenoxy) is 1. The van der Waals surface area contributed by atoms with E-state index in [1.165, 1.54) is 10.5 Å². The predicted molar refractivity (Wildman–Crippen MR) is 105 cm³/mol. The Balaban J connectivity index is 1.50. The first-order valence-electron chi connectivity index (χ1n) is 9.02. The molecule has 2 aromatic rings. The molecular formula is C22H24N2O3. The minimum Gasteiger partial charge on any atom is -0.497 e. The van der Waals surface area contributed by atoms with Crippen LogP contribution in [0.5, 0.6) is 5.75 Å². The average molecular weight is 364 g/mol. The highest BCUT2D eigenvalue weighted by Crippen LogP contribution is 2.30. The molecule has 5 nitrogen and oxygen atoms in total. The second-order valence-corrected chi connectivity index (χ2v) is 6.74. The van der Waals surface area contributed by atoms with Crippen molar-refractivity contribution in [1.29, 1.82) is 0 Å². The van der Waals surface area contributed by atoms with E-state index in [2.05, 4.69) is 11.9 Å². The Kier molecular flexibility index (Phi) is 5.60. The van der Waals surface area contributed by atoms with E-state index in [1.54, 1.807) is 13.2 Å². The Morgan fingerprint density at radius 2 is 1.81 bits per heavy atom.